The summed E-state index contributed by atoms with van der Waals surface area (Å²) in [7, 11) is 0. The predicted molar refractivity (Wildman–Crippen MR) is 152 cm³/mol. The van der Waals surface area contributed by atoms with Gasteiger partial charge in [-0.25, -0.2) is 0 Å². The van der Waals surface area contributed by atoms with Crippen LogP contribution in [0.15, 0.2) is 72.8 Å². The molecule has 8 heteroatoms. The van der Waals surface area contributed by atoms with Gasteiger partial charge >= 0.3 is 0 Å². The van der Waals surface area contributed by atoms with Crippen molar-refractivity contribution in [1.29, 1.82) is 0 Å². The van der Waals surface area contributed by atoms with E-state index in [-0.39, 0.29) is 30.2 Å². The van der Waals surface area contributed by atoms with Gasteiger partial charge in [0, 0.05) is 39.8 Å². The lowest BCUT2D eigenvalue weighted by molar-refractivity contribution is -0.139. The van der Waals surface area contributed by atoms with Crippen LogP contribution < -0.4 is 5.32 Å². The minimum Gasteiger partial charge on any atom is -0.352 e. The van der Waals surface area contributed by atoms with Crippen molar-refractivity contribution in [3.63, 3.8) is 0 Å². The van der Waals surface area contributed by atoms with Crippen LogP contribution in [0.4, 0.5) is 0 Å². The molecule has 1 atom stereocenters. The summed E-state index contributed by atoms with van der Waals surface area (Å²) in [5.74, 6) is 0.311. The third-order valence-electron chi connectivity index (χ3n) is 5.48. The summed E-state index contributed by atoms with van der Waals surface area (Å²) in [6.07, 6.45) is 0.396. The monoisotopic (exact) mass is 562 g/mol. The Balaban J connectivity index is 1.87. The predicted octanol–water partition coefficient (Wildman–Crippen LogP) is 7.04. The first-order valence-corrected chi connectivity index (χ1v) is 13.9. The number of thioether (sulfide) groups is 1. The molecule has 3 aromatic rings. The molecular formula is C28H29Cl3N2O2S. The zero-order valence-electron chi connectivity index (χ0n) is 20.2. The Hall–Kier alpha value is -2.18. The van der Waals surface area contributed by atoms with Gasteiger partial charge in [-0.3, -0.25) is 9.59 Å². The molecule has 0 saturated carbocycles. The van der Waals surface area contributed by atoms with E-state index in [2.05, 4.69) is 5.32 Å². The SMILES string of the molecule is CC(C)NC(=O)[C@@H](Cc1ccccc1)N(Cc1cccc(Cl)c1)C(=O)CSCc1c(Cl)cccc1Cl. The topological polar surface area (TPSA) is 49.4 Å². The minimum atomic E-state index is -0.689. The number of halogens is 3. The summed E-state index contributed by atoms with van der Waals surface area (Å²) in [6.45, 7) is 4.07. The number of nitrogens with one attached hydrogen (secondary N) is 1. The molecule has 2 amide bonds. The number of carbonyl (C=O) groups is 2. The Bertz CT molecular complexity index is 1150. The molecule has 1 N–H and O–H groups in total. The average molecular weight is 564 g/mol. The number of benzene rings is 3. The van der Waals surface area contributed by atoms with Gasteiger partial charge in [-0.1, -0.05) is 83.3 Å². The standard InChI is InChI=1S/C28H29Cl3N2O2S/c1-19(2)32-28(35)26(15-20-8-4-3-5-9-20)33(16-21-10-6-11-22(29)14-21)27(34)18-36-17-23-24(30)12-7-13-25(23)31/h3-14,19,26H,15-18H2,1-2H3,(H,32,35)/t26-/m1/s1. The molecule has 0 aromatic heterocycles. The van der Waals surface area contributed by atoms with E-state index in [1.807, 2.05) is 62.4 Å². The van der Waals surface area contributed by atoms with E-state index in [0.717, 1.165) is 16.7 Å². The molecule has 0 fully saturated rings. The van der Waals surface area contributed by atoms with E-state index in [1.165, 1.54) is 11.8 Å². The Morgan fingerprint density at radius 2 is 1.53 bits per heavy atom. The van der Waals surface area contributed by atoms with Crippen molar-refractivity contribution < 1.29 is 9.59 Å². The Morgan fingerprint density at radius 3 is 2.17 bits per heavy atom. The molecule has 0 aliphatic rings. The van der Waals surface area contributed by atoms with Crippen molar-refractivity contribution in [3.05, 3.63) is 105 Å². The van der Waals surface area contributed by atoms with Gasteiger partial charge in [0.1, 0.15) is 6.04 Å². The van der Waals surface area contributed by atoms with Crippen molar-refractivity contribution in [3.8, 4) is 0 Å². The molecule has 0 aliphatic heterocycles. The number of hydrogen-bond acceptors (Lipinski definition) is 3. The van der Waals surface area contributed by atoms with Crippen LogP contribution in [0.2, 0.25) is 15.1 Å². The molecule has 3 rings (SSSR count). The fourth-order valence-corrected chi connectivity index (χ4v) is 5.62. The lowest BCUT2D eigenvalue weighted by Crippen LogP contribution is -2.52. The highest BCUT2D eigenvalue weighted by molar-refractivity contribution is 7.99. The minimum absolute atomic E-state index is 0.0596. The molecular weight excluding hydrogens is 535 g/mol. The Morgan fingerprint density at radius 1 is 0.889 bits per heavy atom. The Kier molecular flexibility index (Phi) is 11.0. The maximum atomic E-state index is 13.6. The molecule has 0 radical (unpaired) electrons. The van der Waals surface area contributed by atoms with E-state index < -0.39 is 6.04 Å². The second-order valence-electron chi connectivity index (χ2n) is 8.71. The zero-order valence-corrected chi connectivity index (χ0v) is 23.3. The highest BCUT2D eigenvalue weighted by Gasteiger charge is 2.30. The van der Waals surface area contributed by atoms with Crippen molar-refractivity contribution in [2.75, 3.05) is 5.75 Å². The van der Waals surface area contributed by atoms with Gasteiger partial charge in [0.15, 0.2) is 0 Å². The van der Waals surface area contributed by atoms with Crippen LogP contribution in [0.1, 0.15) is 30.5 Å². The van der Waals surface area contributed by atoms with E-state index in [0.29, 0.717) is 27.2 Å². The largest absolute Gasteiger partial charge is 0.352 e. The second-order valence-corrected chi connectivity index (χ2v) is 10.9. The maximum absolute atomic E-state index is 13.6. The van der Waals surface area contributed by atoms with Crippen LogP contribution in [-0.4, -0.2) is 34.6 Å². The number of hydrogen-bond donors (Lipinski definition) is 1. The number of nitrogens with zero attached hydrogens (tertiary/aromatic N) is 1. The van der Waals surface area contributed by atoms with Crippen molar-refractivity contribution in [1.82, 2.24) is 10.2 Å². The fourth-order valence-electron chi connectivity index (χ4n) is 3.76. The molecule has 36 heavy (non-hydrogen) atoms. The summed E-state index contributed by atoms with van der Waals surface area (Å²) in [6, 6.07) is 21.7. The number of amides is 2. The molecule has 0 spiro atoms. The van der Waals surface area contributed by atoms with Crippen LogP contribution in [0.5, 0.6) is 0 Å². The van der Waals surface area contributed by atoms with Crippen LogP contribution in [-0.2, 0) is 28.3 Å². The van der Waals surface area contributed by atoms with Gasteiger partial charge in [-0.15, -0.1) is 11.8 Å². The smallest absolute Gasteiger partial charge is 0.243 e. The van der Waals surface area contributed by atoms with E-state index in [9.17, 15) is 9.59 Å². The fraction of sp³-hybridized carbons (Fsp3) is 0.286. The third-order valence-corrected chi connectivity index (χ3v) is 7.36. The number of rotatable bonds is 11. The molecule has 0 aliphatic carbocycles. The first-order chi connectivity index (χ1) is 17.2. The van der Waals surface area contributed by atoms with E-state index in [4.69, 9.17) is 34.8 Å². The normalized spacial score (nSPS) is 11.8. The van der Waals surface area contributed by atoms with Crippen LogP contribution in [0.3, 0.4) is 0 Å². The second kappa shape index (κ2) is 13.9. The summed E-state index contributed by atoms with van der Waals surface area (Å²) < 4.78 is 0. The van der Waals surface area contributed by atoms with Gasteiger partial charge in [0.2, 0.25) is 11.8 Å². The molecule has 0 bridgehead atoms. The molecule has 190 valence electrons. The molecule has 3 aromatic carbocycles. The first-order valence-electron chi connectivity index (χ1n) is 11.6. The van der Waals surface area contributed by atoms with Gasteiger partial charge in [0.25, 0.3) is 0 Å². The first kappa shape index (κ1) is 28.4. The van der Waals surface area contributed by atoms with Gasteiger partial charge in [-0.2, -0.15) is 0 Å². The quantitative estimate of drug-likeness (QED) is 0.272. The summed E-state index contributed by atoms with van der Waals surface area (Å²) in [5, 5.41) is 4.70. The molecule has 0 heterocycles. The van der Waals surface area contributed by atoms with Crippen LogP contribution in [0, 0.1) is 0 Å². The van der Waals surface area contributed by atoms with Gasteiger partial charge in [-0.05, 0) is 54.8 Å². The number of carbonyl (C=O) groups excluding carboxylic acids is 2. The van der Waals surface area contributed by atoms with Crippen molar-refractivity contribution in [2.45, 2.75) is 44.6 Å². The summed E-state index contributed by atoms with van der Waals surface area (Å²) in [4.78, 5) is 28.7. The summed E-state index contributed by atoms with van der Waals surface area (Å²) >= 11 is 20.2. The Labute approximate surface area is 232 Å². The maximum Gasteiger partial charge on any atom is 0.243 e. The van der Waals surface area contributed by atoms with Gasteiger partial charge in [0.05, 0.1) is 5.75 Å². The summed E-state index contributed by atoms with van der Waals surface area (Å²) in [5.41, 5.74) is 2.62. The van der Waals surface area contributed by atoms with E-state index >= 15 is 0 Å². The van der Waals surface area contributed by atoms with Crippen molar-refractivity contribution >= 4 is 58.4 Å². The van der Waals surface area contributed by atoms with Gasteiger partial charge < -0.3 is 10.2 Å². The van der Waals surface area contributed by atoms with E-state index in [1.54, 1.807) is 29.2 Å². The highest BCUT2D eigenvalue weighted by Crippen LogP contribution is 2.28. The lowest BCUT2D eigenvalue weighted by atomic mass is 10.0. The van der Waals surface area contributed by atoms with Crippen LogP contribution >= 0.6 is 46.6 Å². The zero-order chi connectivity index (χ0) is 26.1. The average Bonchev–Trinajstić information content (AvgIpc) is 2.83. The molecule has 0 saturated heterocycles. The highest BCUT2D eigenvalue weighted by atomic mass is 35.5. The molecule has 4 nitrogen and oxygen atoms in total. The third kappa shape index (κ3) is 8.45. The lowest BCUT2D eigenvalue weighted by Gasteiger charge is -2.32. The molecule has 0 unspecified atom stereocenters. The van der Waals surface area contributed by atoms with Crippen molar-refractivity contribution in [2.24, 2.45) is 0 Å². The van der Waals surface area contributed by atoms with Crippen LogP contribution in [0.25, 0.3) is 0 Å².